The zero-order valence-corrected chi connectivity index (χ0v) is 10.5. The van der Waals surface area contributed by atoms with Gasteiger partial charge in [0.1, 0.15) is 13.7 Å². The van der Waals surface area contributed by atoms with Crippen LogP contribution in [0.3, 0.4) is 0 Å². The summed E-state index contributed by atoms with van der Waals surface area (Å²) in [4.78, 5) is 12.7. The Hall–Kier alpha value is -1.47. The molecule has 0 aromatic carbocycles. The number of nitrogens with zero attached hydrogens (tertiary/aromatic N) is 2. The summed E-state index contributed by atoms with van der Waals surface area (Å²) in [6, 6.07) is 0. The molecule has 2 heterocycles. The van der Waals surface area contributed by atoms with E-state index in [-0.39, 0.29) is 5.59 Å². The van der Waals surface area contributed by atoms with Crippen LogP contribution < -0.4 is 5.59 Å². The highest BCUT2D eigenvalue weighted by molar-refractivity contribution is 6.31. The Labute approximate surface area is 110 Å². The molecule has 0 fully saturated rings. The summed E-state index contributed by atoms with van der Waals surface area (Å²) in [7, 11) is 5.39. The van der Waals surface area contributed by atoms with Gasteiger partial charge in [-0.2, -0.15) is 13.2 Å². The van der Waals surface area contributed by atoms with Crippen molar-refractivity contribution in [2.24, 2.45) is 0 Å². The number of hydrogen-bond acceptors (Lipinski definition) is 3. The lowest BCUT2D eigenvalue weighted by Crippen LogP contribution is -2.27. The fraction of sp³-hybridized carbons (Fsp3) is 0.636. The van der Waals surface area contributed by atoms with Crippen molar-refractivity contribution in [1.82, 2.24) is 9.55 Å². The molecule has 8 heteroatoms. The Morgan fingerprint density at radius 3 is 2.58 bits per heavy atom. The van der Waals surface area contributed by atoms with Gasteiger partial charge in [0.2, 0.25) is 0 Å². The van der Waals surface area contributed by atoms with Crippen molar-refractivity contribution in [3.8, 4) is 0 Å². The van der Waals surface area contributed by atoms with Crippen LogP contribution in [-0.4, -0.2) is 30.5 Å². The molecule has 0 N–H and O–H groups in total. The summed E-state index contributed by atoms with van der Waals surface area (Å²) < 4.78 is 42.8. The summed E-state index contributed by atoms with van der Waals surface area (Å²) in [5.41, 5.74) is -1.18. The minimum Gasteiger partial charge on any atom is -0.468 e. The van der Waals surface area contributed by atoms with Gasteiger partial charge in [0, 0.05) is 13.0 Å². The quantitative estimate of drug-likeness (QED) is 0.601. The van der Waals surface area contributed by atoms with E-state index in [9.17, 15) is 18.0 Å². The van der Waals surface area contributed by atoms with E-state index in [4.69, 9.17) is 7.85 Å². The third-order valence-corrected chi connectivity index (χ3v) is 2.62. The van der Waals surface area contributed by atoms with Crippen LogP contribution in [0.1, 0.15) is 31.3 Å². The van der Waals surface area contributed by atoms with E-state index in [0.29, 0.717) is 31.9 Å². The molecule has 0 bridgehead atoms. The Kier molecular flexibility index (Phi) is 5.44. The molecule has 1 aromatic heterocycles. The summed E-state index contributed by atoms with van der Waals surface area (Å²) in [6.45, 7) is 3.21. The van der Waals surface area contributed by atoms with Crippen molar-refractivity contribution in [3.63, 3.8) is 0 Å². The summed E-state index contributed by atoms with van der Waals surface area (Å²) in [5, 5.41) is 0. The van der Waals surface area contributed by atoms with Crippen molar-refractivity contribution < 1.29 is 22.7 Å². The fourth-order valence-corrected chi connectivity index (χ4v) is 1.78. The number of rotatable bonds is 2. The second kappa shape index (κ2) is 6.63. The lowest BCUT2D eigenvalue weighted by Gasteiger charge is -2.15. The van der Waals surface area contributed by atoms with Gasteiger partial charge in [-0.1, -0.05) is 0 Å². The molecule has 0 aliphatic carbocycles. The molecule has 0 spiro atoms. The third-order valence-electron chi connectivity index (χ3n) is 2.62. The van der Waals surface area contributed by atoms with Crippen LogP contribution in [0.15, 0.2) is 0 Å². The smallest absolute Gasteiger partial charge is 0.434 e. The molecule has 104 valence electrons. The lowest BCUT2D eigenvalue weighted by atomic mass is 10.0. The topological polar surface area (TPSA) is 44.1 Å². The van der Waals surface area contributed by atoms with Gasteiger partial charge >= 0.3 is 6.18 Å². The van der Waals surface area contributed by atoms with Crippen LogP contribution in [0.25, 0.3) is 0 Å². The number of carbonyl (C=O) groups is 1. The highest BCUT2D eigenvalue weighted by atomic mass is 19.4. The first-order valence-electron chi connectivity index (χ1n) is 5.89. The Morgan fingerprint density at radius 2 is 2.16 bits per heavy atom. The highest BCUT2D eigenvalue weighted by Gasteiger charge is 2.37. The molecular formula is C11H14BF3N2O2. The van der Waals surface area contributed by atoms with Crippen molar-refractivity contribution in [3.05, 3.63) is 11.5 Å². The van der Waals surface area contributed by atoms with Gasteiger partial charge < -0.3 is 9.30 Å². The maximum Gasteiger partial charge on any atom is 0.434 e. The van der Waals surface area contributed by atoms with Crippen LogP contribution in [-0.2, 0) is 28.7 Å². The molecule has 0 atom stereocenters. The van der Waals surface area contributed by atoms with Gasteiger partial charge in [-0.15, -0.1) is 0 Å². The number of fused-ring (bicyclic) bond motifs is 1. The second-order valence-electron chi connectivity index (χ2n) is 3.92. The monoisotopic (exact) mass is 274 g/mol. The van der Waals surface area contributed by atoms with Crippen molar-refractivity contribution in [1.29, 1.82) is 0 Å². The van der Waals surface area contributed by atoms with Crippen LogP contribution in [0.2, 0.25) is 0 Å². The molecule has 0 amide bonds. The van der Waals surface area contributed by atoms with Crippen molar-refractivity contribution in [2.75, 3.05) is 6.61 Å². The lowest BCUT2D eigenvalue weighted by molar-refractivity contribution is -0.140. The number of alkyl halides is 3. The van der Waals surface area contributed by atoms with Crippen LogP contribution in [0.4, 0.5) is 13.2 Å². The molecule has 19 heavy (non-hydrogen) atoms. The van der Waals surface area contributed by atoms with Gasteiger partial charge in [-0.3, -0.25) is 4.79 Å². The third kappa shape index (κ3) is 4.00. The largest absolute Gasteiger partial charge is 0.468 e. The maximum absolute atomic E-state index is 12.4. The van der Waals surface area contributed by atoms with Gasteiger partial charge in [0.25, 0.3) is 6.47 Å². The average molecular weight is 274 g/mol. The Balaban J connectivity index is 0.000000312. The zero-order valence-electron chi connectivity index (χ0n) is 10.5. The molecule has 2 rings (SSSR count). The molecule has 0 saturated heterocycles. The number of ether oxygens (including phenoxy) is 1. The molecular weight excluding hydrogens is 260 g/mol. The first-order chi connectivity index (χ1) is 8.91. The van der Waals surface area contributed by atoms with E-state index >= 15 is 0 Å². The first kappa shape index (κ1) is 15.6. The number of carbonyl (C=O) groups excluding carboxylic acids is 1. The normalized spacial score (nSPS) is 14.1. The van der Waals surface area contributed by atoms with E-state index in [1.807, 2.05) is 0 Å². The minimum atomic E-state index is -4.44. The molecule has 0 unspecified atom stereocenters. The van der Waals surface area contributed by atoms with E-state index in [2.05, 4.69) is 9.72 Å². The molecule has 1 aliphatic heterocycles. The predicted molar refractivity (Wildman–Crippen MR) is 63.2 cm³/mol. The number of aromatic nitrogens is 2. The fourth-order valence-electron chi connectivity index (χ4n) is 1.78. The first-order valence-corrected chi connectivity index (χ1v) is 5.89. The Morgan fingerprint density at radius 1 is 1.47 bits per heavy atom. The van der Waals surface area contributed by atoms with E-state index in [0.717, 1.165) is 12.8 Å². The molecule has 1 aliphatic rings. The average Bonchev–Trinajstić information content (AvgIpc) is 2.69. The standard InChI is InChI=1S/C8H8BF3N2.C3H6O2/c9-7-6(8(10,11)12)13-5-3-1-2-4-14(5)7;1-2-5-3-4/h1-4H2;3H,2H2,1H3. The van der Waals surface area contributed by atoms with Crippen molar-refractivity contribution >= 4 is 19.9 Å². The van der Waals surface area contributed by atoms with Crippen LogP contribution >= 0.6 is 0 Å². The molecule has 2 radical (unpaired) electrons. The van der Waals surface area contributed by atoms with Gasteiger partial charge in [0.15, 0.2) is 5.69 Å². The summed E-state index contributed by atoms with van der Waals surface area (Å²) in [6.07, 6.45) is -2.10. The van der Waals surface area contributed by atoms with E-state index in [1.54, 1.807) is 6.92 Å². The number of imidazole rings is 1. The predicted octanol–water partition coefficient (Wildman–Crippen LogP) is 1.21. The number of halogens is 3. The van der Waals surface area contributed by atoms with Gasteiger partial charge in [0.05, 0.1) is 6.61 Å². The minimum absolute atomic E-state index is 0.243. The van der Waals surface area contributed by atoms with Crippen molar-refractivity contribution in [2.45, 2.75) is 38.9 Å². The van der Waals surface area contributed by atoms with Gasteiger partial charge in [-0.05, 0) is 25.4 Å². The summed E-state index contributed by atoms with van der Waals surface area (Å²) >= 11 is 0. The van der Waals surface area contributed by atoms with Crippen LogP contribution in [0.5, 0.6) is 0 Å². The zero-order chi connectivity index (χ0) is 14.5. The number of hydrogen-bond donors (Lipinski definition) is 0. The highest BCUT2D eigenvalue weighted by Crippen LogP contribution is 2.28. The van der Waals surface area contributed by atoms with E-state index in [1.165, 1.54) is 4.57 Å². The summed E-state index contributed by atoms with van der Waals surface area (Å²) in [5.74, 6) is 0.459. The Bertz CT molecular complexity index is 432. The van der Waals surface area contributed by atoms with E-state index < -0.39 is 11.9 Å². The second-order valence-corrected chi connectivity index (χ2v) is 3.92. The van der Waals surface area contributed by atoms with Gasteiger partial charge in [-0.25, -0.2) is 4.98 Å². The maximum atomic E-state index is 12.4. The molecule has 4 nitrogen and oxygen atoms in total. The molecule has 0 saturated carbocycles. The SMILES string of the molecule is CCOC=O.[B]c1c(C(F)(F)F)nc2n1CCCC2. The number of aryl methyl sites for hydroxylation is 1. The molecule has 1 aromatic rings. The van der Waals surface area contributed by atoms with Crippen LogP contribution in [0, 0.1) is 0 Å².